The zero-order valence-corrected chi connectivity index (χ0v) is 19.9. The number of carboxylic acid groups (broad SMARTS) is 2. The van der Waals surface area contributed by atoms with Crippen molar-refractivity contribution < 1.29 is 50.9 Å². The largest absolute Gasteiger partial charge is 0.490 e. The van der Waals surface area contributed by atoms with Crippen LogP contribution in [0.3, 0.4) is 0 Å². The van der Waals surface area contributed by atoms with E-state index in [2.05, 4.69) is 24.0 Å². The summed E-state index contributed by atoms with van der Waals surface area (Å²) in [5, 5.41) is 18.3. The molecule has 0 radical (unpaired) electrons. The van der Waals surface area contributed by atoms with E-state index >= 15 is 0 Å². The highest BCUT2D eigenvalue weighted by atomic mass is 32.1. The molecule has 0 bridgehead atoms. The van der Waals surface area contributed by atoms with E-state index in [1.165, 1.54) is 16.7 Å². The van der Waals surface area contributed by atoms with Crippen molar-refractivity contribution in [2.24, 2.45) is 0 Å². The third kappa shape index (κ3) is 10.6. The van der Waals surface area contributed by atoms with Crippen LogP contribution in [-0.4, -0.2) is 75.8 Å². The van der Waals surface area contributed by atoms with Gasteiger partial charge in [-0.15, -0.1) is 0 Å². The highest BCUT2D eigenvalue weighted by Crippen LogP contribution is 2.23. The lowest BCUT2D eigenvalue weighted by Crippen LogP contribution is -2.37. The van der Waals surface area contributed by atoms with Crippen molar-refractivity contribution >= 4 is 29.2 Å². The summed E-state index contributed by atoms with van der Waals surface area (Å²) in [5.41, 5.74) is 4.97. The number of halogens is 6. The van der Waals surface area contributed by atoms with Crippen LogP contribution >= 0.6 is 11.3 Å². The van der Waals surface area contributed by atoms with Crippen LogP contribution in [0.4, 0.5) is 26.3 Å². The van der Waals surface area contributed by atoms with Gasteiger partial charge in [-0.25, -0.2) is 9.59 Å². The van der Waals surface area contributed by atoms with E-state index in [1.807, 2.05) is 34.1 Å². The third-order valence-electron chi connectivity index (χ3n) is 4.49. The molecule has 2 N–H and O–H groups in total. The molecule has 15 heteroatoms. The number of aromatic nitrogens is 1. The molecule has 1 aliphatic rings. The summed E-state index contributed by atoms with van der Waals surface area (Å²) in [6.45, 7) is 2.39. The maximum absolute atomic E-state index is 12.4. The van der Waals surface area contributed by atoms with Gasteiger partial charge in [-0.05, 0) is 59.6 Å². The molecule has 0 aliphatic carbocycles. The molecule has 1 aliphatic heterocycles. The Labute approximate surface area is 205 Å². The summed E-state index contributed by atoms with van der Waals surface area (Å²) in [6, 6.07) is 2.03. The summed E-state index contributed by atoms with van der Waals surface area (Å²) >= 11 is 1.64. The van der Waals surface area contributed by atoms with E-state index in [0.29, 0.717) is 13.0 Å². The number of aliphatic carboxylic acids is 2. The molecule has 3 heterocycles. The van der Waals surface area contributed by atoms with Crippen LogP contribution in [0.2, 0.25) is 0 Å². The number of thiophene rings is 1. The van der Waals surface area contributed by atoms with Crippen LogP contribution in [-0.2, 0) is 40.3 Å². The predicted octanol–water partition coefficient (Wildman–Crippen LogP) is 3.60. The highest BCUT2D eigenvalue weighted by molar-refractivity contribution is 7.08. The number of pyridine rings is 1. The molecular weight excluding hydrogens is 520 g/mol. The number of amides is 1. The Morgan fingerprint density at radius 1 is 1.06 bits per heavy atom. The summed E-state index contributed by atoms with van der Waals surface area (Å²) in [6.07, 6.45) is -4.86. The van der Waals surface area contributed by atoms with E-state index in [1.54, 1.807) is 11.3 Å². The Bertz CT molecular complexity index is 1000. The van der Waals surface area contributed by atoms with Gasteiger partial charge in [0.25, 0.3) is 0 Å². The van der Waals surface area contributed by atoms with Gasteiger partial charge in [0.1, 0.15) is 0 Å². The number of alkyl halides is 6. The number of carbonyl (C=O) groups excluding carboxylic acids is 1. The quantitative estimate of drug-likeness (QED) is 0.567. The fraction of sp³-hybridized carbons (Fsp3) is 0.429. The zero-order valence-electron chi connectivity index (χ0n) is 19.1. The molecule has 2 aromatic rings. The standard InChI is InChI=1S/C17H21N3OS.2C2HF3O2/c1-19(2)10-14-8-18-9-15-11-20(5-3-16(14)15)17(21)7-13-4-6-22-12-13;2*3-2(4,5)1(6)7/h4,6,8-9,12H,3,5,7,10-11H2,1-2H3;2*(H,6,7). The first kappa shape index (κ1) is 30.8. The van der Waals surface area contributed by atoms with E-state index in [9.17, 15) is 31.1 Å². The van der Waals surface area contributed by atoms with Crippen molar-refractivity contribution in [3.05, 3.63) is 51.5 Å². The molecule has 0 spiro atoms. The third-order valence-corrected chi connectivity index (χ3v) is 5.22. The summed E-state index contributed by atoms with van der Waals surface area (Å²) in [7, 11) is 4.14. The van der Waals surface area contributed by atoms with Crippen LogP contribution < -0.4 is 0 Å². The minimum atomic E-state index is -5.08. The molecule has 8 nitrogen and oxygen atoms in total. The SMILES string of the molecule is CN(C)Cc1cncc2c1CCN(C(=O)Cc1ccsc1)C2.O=C(O)C(F)(F)F.O=C(O)C(F)(F)F. The summed E-state index contributed by atoms with van der Waals surface area (Å²) in [4.78, 5) is 38.7. The van der Waals surface area contributed by atoms with Gasteiger partial charge >= 0.3 is 24.3 Å². The molecule has 3 rings (SSSR count). The summed E-state index contributed by atoms with van der Waals surface area (Å²) in [5.74, 6) is -5.30. The molecule has 0 fully saturated rings. The summed E-state index contributed by atoms with van der Waals surface area (Å²) < 4.78 is 63.5. The van der Waals surface area contributed by atoms with Gasteiger partial charge in [0, 0.05) is 32.0 Å². The second-order valence-electron chi connectivity index (χ2n) is 7.65. The van der Waals surface area contributed by atoms with Gasteiger partial charge in [0.15, 0.2) is 0 Å². The average molecular weight is 543 g/mol. The van der Waals surface area contributed by atoms with Crippen LogP contribution in [0.1, 0.15) is 22.3 Å². The van der Waals surface area contributed by atoms with Gasteiger partial charge < -0.3 is 20.0 Å². The number of hydrogen-bond donors (Lipinski definition) is 2. The lowest BCUT2D eigenvalue weighted by Gasteiger charge is -2.30. The van der Waals surface area contributed by atoms with Crippen LogP contribution in [0.5, 0.6) is 0 Å². The zero-order chi connectivity index (χ0) is 27.7. The van der Waals surface area contributed by atoms with Crippen molar-refractivity contribution in [3.8, 4) is 0 Å². The monoisotopic (exact) mass is 543 g/mol. The molecule has 1 amide bonds. The van der Waals surface area contributed by atoms with Crippen molar-refractivity contribution in [1.82, 2.24) is 14.8 Å². The Kier molecular flexibility index (Phi) is 11.3. The van der Waals surface area contributed by atoms with Crippen molar-refractivity contribution in [2.75, 3.05) is 20.6 Å². The minimum absolute atomic E-state index is 0.210. The second-order valence-corrected chi connectivity index (χ2v) is 8.43. The molecule has 0 atom stereocenters. The van der Waals surface area contributed by atoms with Crippen LogP contribution in [0, 0.1) is 0 Å². The first-order valence-corrected chi connectivity index (χ1v) is 10.9. The molecule has 200 valence electrons. The molecule has 0 saturated heterocycles. The smallest absolute Gasteiger partial charge is 0.475 e. The van der Waals surface area contributed by atoms with Gasteiger partial charge in [0.2, 0.25) is 5.91 Å². The second kappa shape index (κ2) is 13.2. The number of carbonyl (C=O) groups is 3. The van der Waals surface area contributed by atoms with Crippen LogP contribution in [0.15, 0.2) is 29.2 Å². The molecule has 2 aromatic heterocycles. The van der Waals surface area contributed by atoms with E-state index < -0.39 is 24.3 Å². The van der Waals surface area contributed by atoms with E-state index in [-0.39, 0.29) is 5.91 Å². The molecule has 36 heavy (non-hydrogen) atoms. The normalized spacial score (nSPS) is 13.1. The topological polar surface area (TPSA) is 111 Å². The first-order chi connectivity index (χ1) is 16.5. The Hall–Kier alpha value is -3.20. The minimum Gasteiger partial charge on any atom is -0.475 e. The molecule has 0 unspecified atom stereocenters. The average Bonchev–Trinajstić information content (AvgIpc) is 3.25. The van der Waals surface area contributed by atoms with Crippen molar-refractivity contribution in [1.29, 1.82) is 0 Å². The number of fused-ring (bicyclic) bond motifs is 1. The van der Waals surface area contributed by atoms with E-state index in [4.69, 9.17) is 19.8 Å². The highest BCUT2D eigenvalue weighted by Gasteiger charge is 2.38. The fourth-order valence-corrected chi connectivity index (χ4v) is 3.61. The first-order valence-electron chi connectivity index (χ1n) is 10.0. The Balaban J connectivity index is 0.000000383. The molecule has 0 saturated carbocycles. The maximum Gasteiger partial charge on any atom is 0.490 e. The van der Waals surface area contributed by atoms with Crippen molar-refractivity contribution in [3.63, 3.8) is 0 Å². The van der Waals surface area contributed by atoms with Crippen LogP contribution in [0.25, 0.3) is 0 Å². The number of carboxylic acids is 2. The van der Waals surface area contributed by atoms with Gasteiger partial charge in [-0.1, -0.05) is 0 Å². The lowest BCUT2D eigenvalue weighted by atomic mass is 9.96. The van der Waals surface area contributed by atoms with Crippen molar-refractivity contribution in [2.45, 2.75) is 38.3 Å². The Morgan fingerprint density at radius 3 is 2.06 bits per heavy atom. The fourth-order valence-electron chi connectivity index (χ4n) is 2.94. The number of hydrogen-bond acceptors (Lipinski definition) is 6. The predicted molar refractivity (Wildman–Crippen MR) is 116 cm³/mol. The van der Waals surface area contributed by atoms with Gasteiger partial charge in [-0.2, -0.15) is 37.7 Å². The molecule has 0 aromatic carbocycles. The Morgan fingerprint density at radius 2 is 1.61 bits per heavy atom. The van der Waals surface area contributed by atoms with Gasteiger partial charge in [0.05, 0.1) is 6.42 Å². The van der Waals surface area contributed by atoms with Gasteiger partial charge in [-0.3, -0.25) is 9.78 Å². The maximum atomic E-state index is 12.4. The number of rotatable bonds is 4. The number of nitrogens with zero attached hydrogens (tertiary/aromatic N) is 3. The van der Waals surface area contributed by atoms with E-state index in [0.717, 1.165) is 25.1 Å². The molecular formula is C21H23F6N3O5S. The lowest BCUT2D eigenvalue weighted by molar-refractivity contribution is -0.193.